The van der Waals surface area contributed by atoms with Gasteiger partial charge in [0.1, 0.15) is 5.82 Å². The summed E-state index contributed by atoms with van der Waals surface area (Å²) in [4.78, 5) is -0.356. The van der Waals surface area contributed by atoms with Gasteiger partial charge in [-0.1, -0.05) is 12.1 Å². The molecular weight excluding hydrogens is 362 g/mol. The van der Waals surface area contributed by atoms with Crippen molar-refractivity contribution >= 4 is 15.7 Å². The number of benzene rings is 2. The maximum Gasteiger partial charge on any atom is 0.261 e. The molecule has 0 saturated heterocycles. The standard InChI is InChI=1S/C17H14F2N4O2S/c18-14-7-6-13(10-15(14)19)26(24,25)22-12-4-1-3-11(9-12)17-21-20-16-5-2-8-23(16)17/h1,3-4,6-7,9-10,22H,2,5,8H2. The molecule has 4 rings (SSSR count). The van der Waals surface area contributed by atoms with Gasteiger partial charge in [0.05, 0.1) is 4.90 Å². The number of halogens is 2. The van der Waals surface area contributed by atoms with Crippen molar-refractivity contribution in [1.82, 2.24) is 14.8 Å². The van der Waals surface area contributed by atoms with Crippen LogP contribution in [0.15, 0.2) is 47.4 Å². The van der Waals surface area contributed by atoms with E-state index in [9.17, 15) is 17.2 Å². The van der Waals surface area contributed by atoms with E-state index in [0.717, 1.165) is 42.9 Å². The smallest absolute Gasteiger partial charge is 0.261 e. The highest BCUT2D eigenvalue weighted by Gasteiger charge is 2.20. The molecule has 2 heterocycles. The van der Waals surface area contributed by atoms with Crippen LogP contribution in [0.1, 0.15) is 12.2 Å². The fraction of sp³-hybridized carbons (Fsp3) is 0.176. The Labute approximate surface area is 148 Å². The Kier molecular flexibility index (Phi) is 3.95. The second-order valence-corrected chi connectivity index (χ2v) is 7.64. The molecule has 0 amide bonds. The van der Waals surface area contributed by atoms with Gasteiger partial charge in [0.25, 0.3) is 10.0 Å². The third-order valence-corrected chi connectivity index (χ3v) is 5.56. The van der Waals surface area contributed by atoms with Gasteiger partial charge < -0.3 is 4.57 Å². The van der Waals surface area contributed by atoms with Crippen LogP contribution in [0.5, 0.6) is 0 Å². The number of aromatic nitrogens is 3. The Bertz CT molecular complexity index is 1100. The number of nitrogens with one attached hydrogen (secondary N) is 1. The Balaban J connectivity index is 1.65. The van der Waals surface area contributed by atoms with Gasteiger partial charge in [0.15, 0.2) is 17.5 Å². The van der Waals surface area contributed by atoms with Crippen LogP contribution in [0.4, 0.5) is 14.5 Å². The van der Waals surface area contributed by atoms with E-state index in [1.54, 1.807) is 18.2 Å². The second-order valence-electron chi connectivity index (χ2n) is 5.96. The zero-order valence-electron chi connectivity index (χ0n) is 13.5. The number of fused-ring (bicyclic) bond motifs is 1. The van der Waals surface area contributed by atoms with Gasteiger partial charge in [-0.15, -0.1) is 10.2 Å². The Hall–Kier alpha value is -2.81. The lowest BCUT2D eigenvalue weighted by atomic mass is 10.2. The molecule has 0 saturated carbocycles. The second kappa shape index (κ2) is 6.17. The van der Waals surface area contributed by atoms with Crippen molar-refractivity contribution in [3.63, 3.8) is 0 Å². The summed E-state index contributed by atoms with van der Waals surface area (Å²) in [5, 5.41) is 8.31. The number of rotatable bonds is 4. The van der Waals surface area contributed by atoms with Crippen molar-refractivity contribution in [2.75, 3.05) is 4.72 Å². The summed E-state index contributed by atoms with van der Waals surface area (Å²) >= 11 is 0. The third kappa shape index (κ3) is 2.94. The molecule has 0 unspecified atom stereocenters. The predicted molar refractivity (Wildman–Crippen MR) is 90.9 cm³/mol. The van der Waals surface area contributed by atoms with Crippen LogP contribution in [0.2, 0.25) is 0 Å². The SMILES string of the molecule is O=S(=O)(Nc1cccc(-c2nnc3n2CCC3)c1)c1ccc(F)c(F)c1. The van der Waals surface area contributed by atoms with Crippen molar-refractivity contribution in [2.24, 2.45) is 0 Å². The summed E-state index contributed by atoms with van der Waals surface area (Å²) in [5.74, 6) is -0.744. The maximum absolute atomic E-state index is 13.3. The molecule has 1 aliphatic heterocycles. The van der Waals surface area contributed by atoms with E-state index in [2.05, 4.69) is 14.9 Å². The van der Waals surface area contributed by atoms with Crippen LogP contribution in [0, 0.1) is 11.6 Å². The number of nitrogens with zero attached hydrogens (tertiary/aromatic N) is 3. The molecule has 1 N–H and O–H groups in total. The summed E-state index contributed by atoms with van der Waals surface area (Å²) in [6.07, 6.45) is 1.87. The van der Waals surface area contributed by atoms with Crippen molar-refractivity contribution in [2.45, 2.75) is 24.3 Å². The lowest BCUT2D eigenvalue weighted by Crippen LogP contribution is -2.13. The lowest BCUT2D eigenvalue weighted by Gasteiger charge is -2.10. The average Bonchev–Trinajstić information content (AvgIpc) is 3.20. The molecule has 0 bridgehead atoms. The van der Waals surface area contributed by atoms with Crippen LogP contribution in [0.25, 0.3) is 11.4 Å². The molecule has 26 heavy (non-hydrogen) atoms. The zero-order valence-corrected chi connectivity index (χ0v) is 14.3. The lowest BCUT2D eigenvalue weighted by molar-refractivity contribution is 0.504. The molecule has 0 fully saturated rings. The first-order chi connectivity index (χ1) is 12.4. The molecule has 3 aromatic rings. The van der Waals surface area contributed by atoms with Crippen LogP contribution in [0.3, 0.4) is 0 Å². The number of sulfonamides is 1. The van der Waals surface area contributed by atoms with Gasteiger partial charge in [0.2, 0.25) is 0 Å². The van der Waals surface area contributed by atoms with E-state index < -0.39 is 21.7 Å². The quantitative estimate of drug-likeness (QED) is 0.760. The molecule has 0 atom stereocenters. The summed E-state index contributed by atoms with van der Waals surface area (Å²) in [5.41, 5.74) is 1.01. The van der Waals surface area contributed by atoms with E-state index >= 15 is 0 Å². The van der Waals surface area contributed by atoms with Crippen LogP contribution in [-0.2, 0) is 23.0 Å². The monoisotopic (exact) mass is 376 g/mol. The van der Waals surface area contributed by atoms with Crippen molar-refractivity contribution < 1.29 is 17.2 Å². The molecule has 1 aromatic heterocycles. The molecule has 0 spiro atoms. The number of hydrogen-bond donors (Lipinski definition) is 1. The van der Waals surface area contributed by atoms with Gasteiger partial charge in [-0.05, 0) is 36.8 Å². The fourth-order valence-electron chi connectivity index (χ4n) is 2.94. The first-order valence-corrected chi connectivity index (χ1v) is 9.43. The Morgan fingerprint density at radius 2 is 1.88 bits per heavy atom. The minimum atomic E-state index is -4.05. The summed E-state index contributed by atoms with van der Waals surface area (Å²) in [7, 11) is -4.05. The largest absolute Gasteiger partial charge is 0.311 e. The molecule has 0 aliphatic carbocycles. The van der Waals surface area contributed by atoms with Gasteiger partial charge >= 0.3 is 0 Å². The summed E-state index contributed by atoms with van der Waals surface area (Å²) < 4.78 is 55.6. The molecule has 134 valence electrons. The van der Waals surface area contributed by atoms with E-state index in [-0.39, 0.29) is 4.90 Å². The van der Waals surface area contributed by atoms with E-state index in [1.165, 1.54) is 0 Å². The first-order valence-electron chi connectivity index (χ1n) is 7.94. The molecule has 0 radical (unpaired) electrons. The van der Waals surface area contributed by atoms with Gasteiger partial charge in [-0.2, -0.15) is 0 Å². The number of aryl methyl sites for hydroxylation is 1. The highest BCUT2D eigenvalue weighted by molar-refractivity contribution is 7.92. The van der Waals surface area contributed by atoms with Crippen molar-refractivity contribution in [3.05, 3.63) is 59.9 Å². The molecule has 2 aromatic carbocycles. The van der Waals surface area contributed by atoms with Crippen LogP contribution < -0.4 is 4.72 Å². The van der Waals surface area contributed by atoms with Crippen LogP contribution >= 0.6 is 0 Å². The normalized spacial score (nSPS) is 13.6. The summed E-state index contributed by atoms with van der Waals surface area (Å²) in [6, 6.07) is 9.14. The highest BCUT2D eigenvalue weighted by Crippen LogP contribution is 2.26. The zero-order chi connectivity index (χ0) is 18.3. The average molecular weight is 376 g/mol. The molecule has 1 aliphatic rings. The molecular formula is C17H14F2N4O2S. The van der Waals surface area contributed by atoms with Crippen molar-refractivity contribution in [3.8, 4) is 11.4 Å². The van der Waals surface area contributed by atoms with Gasteiger partial charge in [-0.3, -0.25) is 4.72 Å². The Morgan fingerprint density at radius 3 is 2.69 bits per heavy atom. The number of hydrogen-bond acceptors (Lipinski definition) is 4. The van der Waals surface area contributed by atoms with Gasteiger partial charge in [-0.25, -0.2) is 17.2 Å². The number of anilines is 1. The van der Waals surface area contributed by atoms with E-state index in [0.29, 0.717) is 17.6 Å². The third-order valence-electron chi connectivity index (χ3n) is 4.18. The predicted octanol–water partition coefficient (Wildman–Crippen LogP) is 2.97. The summed E-state index contributed by atoms with van der Waals surface area (Å²) in [6.45, 7) is 0.822. The van der Waals surface area contributed by atoms with E-state index in [1.807, 2.05) is 10.6 Å². The fourth-order valence-corrected chi connectivity index (χ4v) is 4.00. The highest BCUT2D eigenvalue weighted by atomic mass is 32.2. The minimum absolute atomic E-state index is 0.294. The van der Waals surface area contributed by atoms with Gasteiger partial charge in [0, 0.05) is 24.2 Å². The topological polar surface area (TPSA) is 76.9 Å². The molecule has 9 heteroatoms. The Morgan fingerprint density at radius 1 is 1.04 bits per heavy atom. The minimum Gasteiger partial charge on any atom is -0.311 e. The molecule has 6 nitrogen and oxygen atoms in total. The van der Waals surface area contributed by atoms with E-state index in [4.69, 9.17) is 0 Å². The maximum atomic E-state index is 13.3. The first kappa shape index (κ1) is 16.6. The van der Waals surface area contributed by atoms with Crippen LogP contribution in [-0.4, -0.2) is 23.2 Å². The van der Waals surface area contributed by atoms with Crippen molar-refractivity contribution in [1.29, 1.82) is 0 Å².